The maximum Gasteiger partial charge on any atom is 0.327 e. The Morgan fingerprint density at radius 1 is 1.16 bits per heavy atom. The smallest absolute Gasteiger partial charge is 0.327 e. The van der Waals surface area contributed by atoms with Crippen LogP contribution in [0.3, 0.4) is 0 Å². The number of aromatic hydroxyl groups is 1. The number of hydrogen-bond acceptors (Lipinski definition) is 4. The monoisotopic (exact) mass is 513 g/mol. The number of methoxy groups -OCH3 is 1. The van der Waals surface area contributed by atoms with Crippen molar-refractivity contribution < 1.29 is 14.6 Å². The second-order valence-electron chi connectivity index (χ2n) is 8.42. The van der Waals surface area contributed by atoms with Crippen molar-refractivity contribution in [1.29, 1.82) is 0 Å². The van der Waals surface area contributed by atoms with Gasteiger partial charge in [0.05, 0.1) is 7.11 Å². The van der Waals surface area contributed by atoms with Gasteiger partial charge >= 0.3 is 5.97 Å². The van der Waals surface area contributed by atoms with Crippen LogP contribution in [0.25, 0.3) is 0 Å². The number of rotatable bonds is 5. The van der Waals surface area contributed by atoms with Gasteiger partial charge in [-0.3, -0.25) is 4.90 Å². The molecular formula is C26H25BrClNO3. The Hall–Kier alpha value is -2.34. The van der Waals surface area contributed by atoms with Crippen LogP contribution in [0.5, 0.6) is 5.75 Å². The minimum absolute atomic E-state index is 0.00156. The Morgan fingerprint density at radius 3 is 2.53 bits per heavy atom. The SMILES string of the molecule is COC(=O)[C@@H](c1ccccc1)N1C[C@@H](c2ccccc2Br)[C@](C)(c2cc(Cl)ccc2O)C1. The first-order chi connectivity index (χ1) is 15.3. The molecule has 1 aliphatic heterocycles. The lowest BCUT2D eigenvalue weighted by atomic mass is 9.71. The first-order valence-electron chi connectivity index (χ1n) is 10.5. The highest BCUT2D eigenvalue weighted by atomic mass is 79.9. The van der Waals surface area contributed by atoms with Crippen molar-refractivity contribution in [2.45, 2.75) is 24.3 Å². The second-order valence-corrected chi connectivity index (χ2v) is 9.71. The topological polar surface area (TPSA) is 49.8 Å². The molecule has 3 aromatic rings. The molecular weight excluding hydrogens is 490 g/mol. The summed E-state index contributed by atoms with van der Waals surface area (Å²) >= 11 is 10.1. The normalized spacial score (nSPS) is 21.9. The summed E-state index contributed by atoms with van der Waals surface area (Å²) in [5.41, 5.74) is 2.27. The van der Waals surface area contributed by atoms with E-state index >= 15 is 0 Å². The number of hydrogen-bond donors (Lipinski definition) is 1. The zero-order valence-corrected chi connectivity index (χ0v) is 20.3. The first kappa shape index (κ1) is 22.8. The maximum absolute atomic E-state index is 12.9. The van der Waals surface area contributed by atoms with Crippen molar-refractivity contribution in [3.05, 3.63) is 99.0 Å². The molecule has 0 bridgehead atoms. The van der Waals surface area contributed by atoms with Crippen LogP contribution in [-0.4, -0.2) is 36.2 Å². The van der Waals surface area contributed by atoms with E-state index in [1.54, 1.807) is 12.1 Å². The van der Waals surface area contributed by atoms with E-state index in [-0.39, 0.29) is 17.6 Å². The van der Waals surface area contributed by atoms with E-state index < -0.39 is 11.5 Å². The van der Waals surface area contributed by atoms with Gasteiger partial charge in [-0.2, -0.15) is 0 Å². The average Bonchev–Trinajstić information content (AvgIpc) is 3.14. The Balaban J connectivity index is 1.85. The molecule has 32 heavy (non-hydrogen) atoms. The summed E-state index contributed by atoms with van der Waals surface area (Å²) in [5.74, 6) is -0.106. The minimum atomic E-state index is -0.547. The van der Waals surface area contributed by atoms with Crippen molar-refractivity contribution in [1.82, 2.24) is 4.90 Å². The molecule has 1 heterocycles. The van der Waals surface area contributed by atoms with E-state index in [0.29, 0.717) is 18.1 Å². The van der Waals surface area contributed by atoms with Gasteiger partial charge < -0.3 is 9.84 Å². The van der Waals surface area contributed by atoms with Gasteiger partial charge in [0.25, 0.3) is 0 Å². The maximum atomic E-state index is 12.9. The fraction of sp³-hybridized carbons (Fsp3) is 0.269. The van der Waals surface area contributed by atoms with Crippen LogP contribution in [0.2, 0.25) is 5.02 Å². The number of carbonyl (C=O) groups excluding carboxylic acids is 1. The van der Waals surface area contributed by atoms with E-state index in [0.717, 1.165) is 21.2 Å². The number of esters is 1. The summed E-state index contributed by atoms with van der Waals surface area (Å²) < 4.78 is 6.19. The molecule has 0 radical (unpaired) electrons. The predicted octanol–water partition coefficient (Wildman–Crippen LogP) is 6.08. The average molecular weight is 515 g/mol. The number of carbonyl (C=O) groups is 1. The molecule has 0 aromatic heterocycles. The highest BCUT2D eigenvalue weighted by molar-refractivity contribution is 9.10. The van der Waals surface area contributed by atoms with Crippen molar-refractivity contribution in [3.8, 4) is 5.75 Å². The lowest BCUT2D eigenvalue weighted by Crippen LogP contribution is -2.36. The van der Waals surface area contributed by atoms with Crippen LogP contribution in [0.1, 0.15) is 35.6 Å². The minimum Gasteiger partial charge on any atom is -0.508 e. The van der Waals surface area contributed by atoms with E-state index in [9.17, 15) is 9.90 Å². The standard InChI is InChI=1S/C26H25BrClNO3/c1-26(20-14-18(28)12-13-23(20)30)16-29(15-21(26)19-10-6-7-11-22(19)27)24(25(31)32-2)17-8-4-3-5-9-17/h3-14,21,24,30H,15-16H2,1-2H3/t21-,24+,26-/m0/s1. The Morgan fingerprint density at radius 2 is 1.84 bits per heavy atom. The lowest BCUT2D eigenvalue weighted by Gasteiger charge is -2.33. The third kappa shape index (κ3) is 4.17. The molecule has 0 spiro atoms. The zero-order chi connectivity index (χ0) is 22.9. The predicted molar refractivity (Wildman–Crippen MR) is 130 cm³/mol. The number of phenolic OH excluding ortho intramolecular Hbond substituents is 1. The van der Waals surface area contributed by atoms with Gasteiger partial charge in [-0.1, -0.05) is 83.0 Å². The molecule has 0 amide bonds. The molecule has 1 N–H and O–H groups in total. The van der Waals surface area contributed by atoms with Crippen LogP contribution in [0.4, 0.5) is 0 Å². The number of ether oxygens (including phenoxy) is 1. The van der Waals surface area contributed by atoms with Gasteiger partial charge in [0.1, 0.15) is 11.8 Å². The fourth-order valence-electron chi connectivity index (χ4n) is 4.91. The van der Waals surface area contributed by atoms with Crippen LogP contribution < -0.4 is 0 Å². The Kier molecular flexibility index (Phi) is 6.61. The van der Waals surface area contributed by atoms with Crippen LogP contribution in [-0.2, 0) is 14.9 Å². The Bertz CT molecular complexity index is 1120. The summed E-state index contributed by atoms with van der Waals surface area (Å²) in [4.78, 5) is 15.1. The number of phenols is 1. The van der Waals surface area contributed by atoms with Gasteiger partial charge in [0.15, 0.2) is 0 Å². The summed E-state index contributed by atoms with van der Waals surface area (Å²) in [7, 11) is 1.42. The Labute approximate surface area is 201 Å². The quantitative estimate of drug-likeness (QED) is 0.419. The number of nitrogens with zero attached hydrogens (tertiary/aromatic N) is 1. The third-order valence-electron chi connectivity index (χ3n) is 6.48. The van der Waals surface area contributed by atoms with Crippen molar-refractivity contribution in [2.75, 3.05) is 20.2 Å². The van der Waals surface area contributed by atoms with Gasteiger partial charge in [0.2, 0.25) is 0 Å². The van der Waals surface area contributed by atoms with Gasteiger partial charge in [-0.05, 0) is 35.4 Å². The summed E-state index contributed by atoms with van der Waals surface area (Å²) in [6, 6.07) is 22.4. The molecule has 166 valence electrons. The van der Waals surface area contributed by atoms with Crippen LogP contribution >= 0.6 is 27.5 Å². The van der Waals surface area contributed by atoms with E-state index in [1.165, 1.54) is 7.11 Å². The molecule has 0 saturated carbocycles. The van der Waals surface area contributed by atoms with Crippen molar-refractivity contribution in [2.24, 2.45) is 0 Å². The molecule has 4 rings (SSSR count). The van der Waals surface area contributed by atoms with Crippen molar-refractivity contribution in [3.63, 3.8) is 0 Å². The molecule has 6 heteroatoms. The van der Waals surface area contributed by atoms with E-state index in [1.807, 2.05) is 54.6 Å². The molecule has 1 aliphatic rings. The summed E-state index contributed by atoms with van der Waals surface area (Å²) in [5, 5.41) is 11.4. The largest absolute Gasteiger partial charge is 0.508 e. The molecule has 3 aromatic carbocycles. The van der Waals surface area contributed by atoms with Gasteiger partial charge in [-0.15, -0.1) is 0 Å². The fourth-order valence-corrected chi connectivity index (χ4v) is 5.64. The molecule has 0 unspecified atom stereocenters. The molecule has 3 atom stereocenters. The lowest BCUT2D eigenvalue weighted by molar-refractivity contribution is -0.147. The summed E-state index contributed by atoms with van der Waals surface area (Å²) in [6.07, 6.45) is 0. The number of likely N-dealkylation sites (tertiary alicyclic amines) is 1. The van der Waals surface area contributed by atoms with E-state index in [2.05, 4.69) is 33.8 Å². The second kappa shape index (κ2) is 9.26. The van der Waals surface area contributed by atoms with Gasteiger partial charge in [0, 0.05) is 39.5 Å². The van der Waals surface area contributed by atoms with E-state index in [4.69, 9.17) is 16.3 Å². The molecule has 1 fully saturated rings. The molecule has 1 saturated heterocycles. The molecule has 4 nitrogen and oxygen atoms in total. The first-order valence-corrected chi connectivity index (χ1v) is 11.6. The highest BCUT2D eigenvalue weighted by Crippen LogP contribution is 2.51. The highest BCUT2D eigenvalue weighted by Gasteiger charge is 2.50. The molecule has 0 aliphatic carbocycles. The number of halogens is 2. The zero-order valence-electron chi connectivity index (χ0n) is 18.0. The summed E-state index contributed by atoms with van der Waals surface area (Å²) in [6.45, 7) is 3.28. The van der Waals surface area contributed by atoms with Gasteiger partial charge in [-0.25, -0.2) is 4.79 Å². The number of benzene rings is 3. The third-order valence-corrected chi connectivity index (χ3v) is 7.43. The van der Waals surface area contributed by atoms with Crippen LogP contribution in [0.15, 0.2) is 77.3 Å². The van der Waals surface area contributed by atoms with Crippen molar-refractivity contribution >= 4 is 33.5 Å². The van der Waals surface area contributed by atoms with Crippen LogP contribution in [0, 0.1) is 0 Å².